The summed E-state index contributed by atoms with van der Waals surface area (Å²) in [5.41, 5.74) is 6.50. The fraction of sp³-hybridized carbons (Fsp3) is 0.444. The molecule has 158 valence electrons. The van der Waals surface area contributed by atoms with Gasteiger partial charge < -0.3 is 10.4 Å². The second kappa shape index (κ2) is 10.5. The van der Waals surface area contributed by atoms with Crippen LogP contribution in [-0.2, 0) is 19.3 Å². The van der Waals surface area contributed by atoms with Gasteiger partial charge in [0.05, 0.1) is 5.52 Å². The van der Waals surface area contributed by atoms with Gasteiger partial charge in [-0.2, -0.15) is 0 Å². The van der Waals surface area contributed by atoms with Crippen molar-refractivity contribution in [1.82, 2.24) is 4.98 Å². The number of rotatable bonds is 10. The molecule has 1 aliphatic rings. The van der Waals surface area contributed by atoms with Gasteiger partial charge in [0.15, 0.2) is 0 Å². The van der Waals surface area contributed by atoms with E-state index in [9.17, 15) is 5.11 Å². The maximum atomic E-state index is 9.53. The molecule has 0 saturated carbocycles. The molecule has 2 N–H and O–H groups in total. The summed E-state index contributed by atoms with van der Waals surface area (Å²) in [6.07, 6.45) is 13.5. The van der Waals surface area contributed by atoms with Gasteiger partial charge in [-0.3, -0.25) is 4.98 Å². The quantitative estimate of drug-likeness (QED) is 0.366. The molecule has 0 fully saturated rings. The number of phenolic OH excluding ortho intramolecular Hbond substituents is 1. The predicted molar refractivity (Wildman–Crippen MR) is 126 cm³/mol. The number of pyridine rings is 1. The van der Waals surface area contributed by atoms with E-state index in [4.69, 9.17) is 4.98 Å². The molecule has 0 saturated heterocycles. The molecule has 0 amide bonds. The second-order valence-corrected chi connectivity index (χ2v) is 8.60. The largest absolute Gasteiger partial charge is 0.508 e. The van der Waals surface area contributed by atoms with E-state index >= 15 is 0 Å². The maximum Gasteiger partial charge on any atom is 0.115 e. The number of para-hydroxylation sites is 1. The Bertz CT molecular complexity index is 966. The summed E-state index contributed by atoms with van der Waals surface area (Å²) in [7, 11) is 0. The van der Waals surface area contributed by atoms with Crippen LogP contribution < -0.4 is 5.32 Å². The predicted octanol–water partition coefficient (Wildman–Crippen LogP) is 6.81. The fourth-order valence-electron chi connectivity index (χ4n) is 4.66. The van der Waals surface area contributed by atoms with Gasteiger partial charge in [-0.25, -0.2) is 0 Å². The van der Waals surface area contributed by atoms with Crippen molar-refractivity contribution in [1.29, 1.82) is 0 Å². The molecule has 3 aromatic rings. The van der Waals surface area contributed by atoms with Gasteiger partial charge in [-0.1, -0.05) is 56.0 Å². The van der Waals surface area contributed by atoms with Crippen LogP contribution in [0.4, 0.5) is 5.69 Å². The lowest BCUT2D eigenvalue weighted by molar-refractivity contribution is 0.474. The summed E-state index contributed by atoms with van der Waals surface area (Å²) in [6, 6.07) is 16.2. The zero-order chi connectivity index (χ0) is 20.6. The molecular formula is C27H34N2O. The molecule has 2 aromatic carbocycles. The number of unbranched alkanes of at least 4 members (excludes halogenated alkanes) is 5. The Hall–Kier alpha value is -2.55. The number of aryl methyl sites for hydroxylation is 2. The Morgan fingerprint density at radius 3 is 2.53 bits per heavy atom. The van der Waals surface area contributed by atoms with Gasteiger partial charge in [-0.05, 0) is 74.3 Å². The van der Waals surface area contributed by atoms with E-state index in [0.717, 1.165) is 31.3 Å². The Labute approximate surface area is 180 Å². The van der Waals surface area contributed by atoms with Crippen LogP contribution in [0.1, 0.15) is 68.2 Å². The van der Waals surface area contributed by atoms with Gasteiger partial charge in [0.25, 0.3) is 0 Å². The molecule has 4 rings (SSSR count). The van der Waals surface area contributed by atoms with Gasteiger partial charge in [0.1, 0.15) is 5.75 Å². The molecule has 3 heteroatoms. The van der Waals surface area contributed by atoms with Crippen molar-refractivity contribution in [2.75, 3.05) is 11.9 Å². The molecule has 0 atom stereocenters. The first-order valence-corrected chi connectivity index (χ1v) is 11.7. The van der Waals surface area contributed by atoms with Gasteiger partial charge >= 0.3 is 0 Å². The highest BCUT2D eigenvalue weighted by atomic mass is 16.3. The molecule has 1 aliphatic carbocycles. The number of hydrogen-bond donors (Lipinski definition) is 2. The normalized spacial score (nSPS) is 13.3. The zero-order valence-corrected chi connectivity index (χ0v) is 18.0. The number of benzene rings is 2. The molecule has 1 aromatic heterocycles. The smallest absolute Gasteiger partial charge is 0.115 e. The number of aromatic nitrogens is 1. The summed E-state index contributed by atoms with van der Waals surface area (Å²) in [5.74, 6) is 0.378. The maximum absolute atomic E-state index is 9.53. The van der Waals surface area contributed by atoms with Crippen LogP contribution in [0.3, 0.4) is 0 Å². The fourth-order valence-corrected chi connectivity index (χ4v) is 4.66. The Kier molecular flexibility index (Phi) is 7.23. The first-order chi connectivity index (χ1) is 14.8. The van der Waals surface area contributed by atoms with Crippen LogP contribution in [0.5, 0.6) is 5.75 Å². The van der Waals surface area contributed by atoms with Crippen molar-refractivity contribution in [2.45, 2.75) is 70.6 Å². The van der Waals surface area contributed by atoms with E-state index in [-0.39, 0.29) is 0 Å². The number of anilines is 1. The summed E-state index contributed by atoms with van der Waals surface area (Å²) in [5, 5.41) is 14.6. The number of aromatic hydroxyl groups is 1. The summed E-state index contributed by atoms with van der Waals surface area (Å²) < 4.78 is 0. The van der Waals surface area contributed by atoms with Crippen molar-refractivity contribution in [3.05, 3.63) is 65.4 Å². The highest BCUT2D eigenvalue weighted by molar-refractivity contribution is 5.93. The van der Waals surface area contributed by atoms with Crippen molar-refractivity contribution in [2.24, 2.45) is 0 Å². The number of nitrogens with zero attached hydrogens (tertiary/aromatic N) is 1. The summed E-state index contributed by atoms with van der Waals surface area (Å²) in [4.78, 5) is 4.94. The van der Waals surface area contributed by atoms with E-state index in [2.05, 4.69) is 35.6 Å². The minimum atomic E-state index is 0.378. The number of phenols is 1. The molecule has 0 unspecified atom stereocenters. The van der Waals surface area contributed by atoms with Crippen LogP contribution in [0, 0.1) is 0 Å². The average Bonchev–Trinajstić information content (AvgIpc) is 2.77. The van der Waals surface area contributed by atoms with Crippen LogP contribution in [0.2, 0.25) is 0 Å². The standard InChI is InChI=1S/C27H34N2O/c30-22-14-11-13-21(20-22)12-5-3-1-2-4-10-19-28-27-23-15-6-8-17-25(23)29-26-18-9-7-16-24(26)27/h6,8,11,13-15,17,20,30H,1-5,7,9-10,12,16,18-19H2,(H,28,29). The summed E-state index contributed by atoms with van der Waals surface area (Å²) >= 11 is 0. The third kappa shape index (κ3) is 5.33. The number of fused-ring (bicyclic) bond motifs is 2. The minimum Gasteiger partial charge on any atom is -0.508 e. The first kappa shape index (κ1) is 20.7. The first-order valence-electron chi connectivity index (χ1n) is 11.7. The zero-order valence-electron chi connectivity index (χ0n) is 18.0. The van der Waals surface area contributed by atoms with Crippen LogP contribution >= 0.6 is 0 Å². The average molecular weight is 403 g/mol. The second-order valence-electron chi connectivity index (χ2n) is 8.60. The van der Waals surface area contributed by atoms with Crippen molar-refractivity contribution >= 4 is 16.6 Å². The Morgan fingerprint density at radius 2 is 1.63 bits per heavy atom. The SMILES string of the molecule is Oc1cccc(CCCCCCCCNc2c3c(nc4ccccc24)CCCC3)c1. The van der Waals surface area contributed by atoms with Gasteiger partial charge in [0.2, 0.25) is 0 Å². The Balaban J connectivity index is 1.19. The molecular weight excluding hydrogens is 368 g/mol. The monoisotopic (exact) mass is 402 g/mol. The third-order valence-corrected chi connectivity index (χ3v) is 6.27. The van der Waals surface area contributed by atoms with E-state index < -0.39 is 0 Å². The topological polar surface area (TPSA) is 45.1 Å². The Morgan fingerprint density at radius 1 is 0.833 bits per heavy atom. The van der Waals surface area contributed by atoms with E-state index in [1.54, 1.807) is 6.07 Å². The van der Waals surface area contributed by atoms with Gasteiger partial charge in [-0.15, -0.1) is 0 Å². The number of hydrogen-bond acceptors (Lipinski definition) is 3. The molecule has 0 bridgehead atoms. The molecule has 1 heterocycles. The van der Waals surface area contributed by atoms with Crippen LogP contribution in [0.25, 0.3) is 10.9 Å². The lowest BCUT2D eigenvalue weighted by Crippen LogP contribution is -2.12. The minimum absolute atomic E-state index is 0.378. The lowest BCUT2D eigenvalue weighted by atomic mass is 9.92. The van der Waals surface area contributed by atoms with E-state index in [0.29, 0.717) is 5.75 Å². The highest BCUT2D eigenvalue weighted by Crippen LogP contribution is 2.33. The molecule has 0 aliphatic heterocycles. The molecule has 0 radical (unpaired) electrons. The van der Waals surface area contributed by atoms with Crippen molar-refractivity contribution in [3.63, 3.8) is 0 Å². The van der Waals surface area contributed by atoms with Crippen molar-refractivity contribution < 1.29 is 5.11 Å². The molecule has 3 nitrogen and oxygen atoms in total. The van der Waals surface area contributed by atoms with Crippen LogP contribution in [0.15, 0.2) is 48.5 Å². The number of nitrogens with one attached hydrogen (secondary N) is 1. The van der Waals surface area contributed by atoms with Crippen molar-refractivity contribution in [3.8, 4) is 5.75 Å². The summed E-state index contributed by atoms with van der Waals surface area (Å²) in [6.45, 7) is 1.05. The highest BCUT2D eigenvalue weighted by Gasteiger charge is 2.17. The molecule has 0 spiro atoms. The third-order valence-electron chi connectivity index (χ3n) is 6.27. The van der Waals surface area contributed by atoms with E-state index in [1.807, 2.05) is 12.1 Å². The van der Waals surface area contributed by atoms with E-state index in [1.165, 1.54) is 79.3 Å². The molecule has 30 heavy (non-hydrogen) atoms. The lowest BCUT2D eigenvalue weighted by Gasteiger charge is -2.21. The van der Waals surface area contributed by atoms with Gasteiger partial charge in [0, 0.05) is 23.3 Å². The van der Waals surface area contributed by atoms with Crippen LogP contribution in [-0.4, -0.2) is 16.6 Å².